The lowest BCUT2D eigenvalue weighted by Gasteiger charge is -2.03. The summed E-state index contributed by atoms with van der Waals surface area (Å²) in [6, 6.07) is 3.23. The fraction of sp³-hybridized carbons (Fsp3) is 0.500. The van der Waals surface area contributed by atoms with Crippen molar-refractivity contribution in [1.82, 2.24) is 5.32 Å². The molecule has 1 aromatic heterocycles. The first kappa shape index (κ1) is 11.0. The Hall–Kier alpha value is -1.07. The summed E-state index contributed by atoms with van der Waals surface area (Å²) in [6.07, 6.45) is 2.09. The summed E-state index contributed by atoms with van der Waals surface area (Å²) < 4.78 is 5.07. The highest BCUT2D eigenvalue weighted by Gasteiger charge is 2.22. The Bertz CT molecular complexity index is 320. The summed E-state index contributed by atoms with van der Waals surface area (Å²) in [5, 5.41) is 13.5. The predicted octanol–water partition coefficient (Wildman–Crippen LogP) is 2.03. The summed E-state index contributed by atoms with van der Waals surface area (Å²) >= 11 is 0. The molecule has 6 heteroatoms. The molecular formula is C8H11ClN2O3. The van der Waals surface area contributed by atoms with E-state index in [2.05, 4.69) is 5.32 Å². The topological polar surface area (TPSA) is 68.3 Å². The molecule has 1 fully saturated rings. The summed E-state index contributed by atoms with van der Waals surface area (Å²) in [5.74, 6) is 0.493. The number of hydrogen-bond acceptors (Lipinski definition) is 4. The van der Waals surface area contributed by atoms with Crippen molar-refractivity contribution in [2.45, 2.75) is 18.9 Å². The third-order valence-corrected chi connectivity index (χ3v) is 2.20. The molecule has 0 radical (unpaired) electrons. The Morgan fingerprint density at radius 3 is 2.86 bits per heavy atom. The van der Waals surface area contributed by atoms with Crippen LogP contribution in [0.25, 0.3) is 0 Å². The average Bonchev–Trinajstić information content (AvgIpc) is 2.75. The quantitative estimate of drug-likeness (QED) is 0.609. The van der Waals surface area contributed by atoms with E-state index in [9.17, 15) is 10.1 Å². The number of nitrogens with zero attached hydrogens (tertiary/aromatic N) is 1. The minimum atomic E-state index is -0.515. The highest BCUT2D eigenvalue weighted by atomic mass is 35.5. The van der Waals surface area contributed by atoms with E-state index in [-0.39, 0.29) is 24.3 Å². The van der Waals surface area contributed by atoms with Crippen LogP contribution >= 0.6 is 12.4 Å². The van der Waals surface area contributed by atoms with Crippen molar-refractivity contribution < 1.29 is 9.34 Å². The number of rotatable bonds is 2. The van der Waals surface area contributed by atoms with Crippen LogP contribution in [0.4, 0.5) is 5.88 Å². The summed E-state index contributed by atoms with van der Waals surface area (Å²) in [4.78, 5) is 9.81. The smallest absolute Gasteiger partial charge is 0.404 e. The molecule has 0 unspecified atom stereocenters. The maximum absolute atomic E-state index is 10.3. The van der Waals surface area contributed by atoms with Crippen LogP contribution in [0.1, 0.15) is 24.6 Å². The number of nitro groups is 1. The molecule has 0 bridgehead atoms. The van der Waals surface area contributed by atoms with E-state index in [1.54, 1.807) is 6.07 Å². The second-order valence-corrected chi connectivity index (χ2v) is 3.08. The lowest BCUT2D eigenvalue weighted by Crippen LogP contribution is -2.11. The van der Waals surface area contributed by atoms with Gasteiger partial charge < -0.3 is 9.73 Å². The summed E-state index contributed by atoms with van der Waals surface area (Å²) in [5.41, 5.74) is 0. The van der Waals surface area contributed by atoms with E-state index in [0.717, 1.165) is 19.4 Å². The zero-order valence-electron chi connectivity index (χ0n) is 7.43. The molecule has 78 valence electrons. The first-order valence-electron chi connectivity index (χ1n) is 4.25. The molecule has 1 N–H and O–H groups in total. The lowest BCUT2D eigenvalue weighted by atomic mass is 10.2. The monoisotopic (exact) mass is 218 g/mol. The van der Waals surface area contributed by atoms with Crippen molar-refractivity contribution in [3.63, 3.8) is 0 Å². The number of halogens is 1. The minimum Gasteiger partial charge on any atom is -0.404 e. The highest BCUT2D eigenvalue weighted by molar-refractivity contribution is 5.85. The van der Waals surface area contributed by atoms with Crippen molar-refractivity contribution >= 4 is 18.3 Å². The zero-order chi connectivity index (χ0) is 9.26. The van der Waals surface area contributed by atoms with E-state index in [0.29, 0.717) is 5.76 Å². The van der Waals surface area contributed by atoms with Crippen LogP contribution in [0.3, 0.4) is 0 Å². The van der Waals surface area contributed by atoms with E-state index >= 15 is 0 Å². The molecule has 1 saturated heterocycles. The van der Waals surface area contributed by atoms with Crippen LogP contribution in [-0.4, -0.2) is 11.5 Å². The van der Waals surface area contributed by atoms with Gasteiger partial charge in [-0.05, 0) is 25.5 Å². The molecule has 0 spiro atoms. The van der Waals surface area contributed by atoms with Crippen LogP contribution in [-0.2, 0) is 0 Å². The highest BCUT2D eigenvalue weighted by Crippen LogP contribution is 2.27. The van der Waals surface area contributed by atoms with Gasteiger partial charge >= 0.3 is 5.88 Å². The van der Waals surface area contributed by atoms with Gasteiger partial charge in [0.2, 0.25) is 0 Å². The molecule has 1 aromatic rings. The average molecular weight is 219 g/mol. The summed E-state index contributed by atoms with van der Waals surface area (Å²) in [6.45, 7) is 0.958. The molecule has 1 atom stereocenters. The van der Waals surface area contributed by atoms with E-state index in [4.69, 9.17) is 4.42 Å². The van der Waals surface area contributed by atoms with Gasteiger partial charge in [0, 0.05) is 0 Å². The number of nitrogens with one attached hydrogen (secondary N) is 1. The van der Waals surface area contributed by atoms with Crippen molar-refractivity contribution in [2.75, 3.05) is 6.54 Å². The fourth-order valence-corrected chi connectivity index (χ4v) is 1.56. The lowest BCUT2D eigenvalue weighted by molar-refractivity contribution is -0.402. The Balaban J connectivity index is 0.000000980. The van der Waals surface area contributed by atoms with Gasteiger partial charge in [-0.2, -0.15) is 0 Å². The van der Waals surface area contributed by atoms with Crippen molar-refractivity contribution in [1.29, 1.82) is 0 Å². The standard InChI is InChI=1S/C8H10N2O3.ClH/c11-10(12)8-4-3-7(13-8)6-2-1-5-9-6;/h3-4,6,9H,1-2,5H2;1H/t6-;/m0./s1. The number of hydrogen-bond donors (Lipinski definition) is 1. The van der Waals surface area contributed by atoms with E-state index in [1.807, 2.05) is 0 Å². The molecule has 5 nitrogen and oxygen atoms in total. The fourth-order valence-electron chi connectivity index (χ4n) is 1.56. The number of furan rings is 1. The Kier molecular flexibility index (Phi) is 3.49. The van der Waals surface area contributed by atoms with Gasteiger partial charge in [-0.25, -0.2) is 0 Å². The second kappa shape index (κ2) is 4.43. The van der Waals surface area contributed by atoms with Gasteiger partial charge in [0.05, 0.1) is 12.1 Å². The zero-order valence-corrected chi connectivity index (χ0v) is 8.25. The molecule has 1 aliphatic rings. The SMILES string of the molecule is Cl.O=[N+]([O-])c1ccc([C@@H]2CCCN2)o1. The van der Waals surface area contributed by atoms with E-state index in [1.165, 1.54) is 6.07 Å². The molecule has 14 heavy (non-hydrogen) atoms. The maximum atomic E-state index is 10.3. The van der Waals surface area contributed by atoms with Crippen LogP contribution in [0.15, 0.2) is 16.5 Å². The van der Waals surface area contributed by atoms with Crippen molar-refractivity contribution in [2.24, 2.45) is 0 Å². The largest absolute Gasteiger partial charge is 0.433 e. The first-order valence-corrected chi connectivity index (χ1v) is 4.25. The minimum absolute atomic E-state index is 0. The molecule has 0 aromatic carbocycles. The maximum Gasteiger partial charge on any atom is 0.433 e. The van der Waals surface area contributed by atoms with Gasteiger partial charge in [-0.1, -0.05) is 0 Å². The van der Waals surface area contributed by atoms with Gasteiger partial charge in [0.25, 0.3) is 0 Å². The molecule has 0 amide bonds. The second-order valence-electron chi connectivity index (χ2n) is 3.08. The van der Waals surface area contributed by atoms with E-state index < -0.39 is 4.92 Å². The van der Waals surface area contributed by atoms with Crippen molar-refractivity contribution in [3.8, 4) is 0 Å². The molecular weight excluding hydrogens is 208 g/mol. The molecule has 0 saturated carbocycles. The van der Waals surface area contributed by atoms with Crippen LogP contribution in [0.5, 0.6) is 0 Å². The third-order valence-electron chi connectivity index (χ3n) is 2.20. The third kappa shape index (κ3) is 2.05. The molecule has 2 rings (SSSR count). The van der Waals surface area contributed by atoms with Crippen LogP contribution in [0.2, 0.25) is 0 Å². The van der Waals surface area contributed by atoms with Gasteiger partial charge in [0.15, 0.2) is 0 Å². The molecule has 1 aliphatic heterocycles. The Labute approximate surface area is 87.0 Å². The van der Waals surface area contributed by atoms with Crippen LogP contribution < -0.4 is 5.32 Å². The first-order chi connectivity index (χ1) is 6.27. The van der Waals surface area contributed by atoms with Crippen molar-refractivity contribution in [3.05, 3.63) is 28.0 Å². The van der Waals surface area contributed by atoms with Crippen LogP contribution in [0, 0.1) is 10.1 Å². The summed E-state index contributed by atoms with van der Waals surface area (Å²) in [7, 11) is 0. The van der Waals surface area contributed by atoms with Gasteiger partial charge in [-0.3, -0.25) is 10.1 Å². The normalized spacial score (nSPS) is 20.4. The van der Waals surface area contributed by atoms with Gasteiger partial charge in [-0.15, -0.1) is 12.4 Å². The predicted molar refractivity (Wildman–Crippen MR) is 52.6 cm³/mol. The Morgan fingerprint density at radius 1 is 1.57 bits per heavy atom. The Morgan fingerprint density at radius 2 is 2.36 bits per heavy atom. The molecule has 0 aliphatic carbocycles. The molecule has 2 heterocycles. The van der Waals surface area contributed by atoms with Gasteiger partial charge in [0.1, 0.15) is 10.7 Å².